The van der Waals surface area contributed by atoms with Gasteiger partial charge in [0, 0.05) is 19.3 Å². The molecule has 57 heavy (non-hydrogen) atoms. The average Bonchev–Trinajstić information content (AvgIpc) is 3.18. The Morgan fingerprint density at radius 2 is 0.579 bits per heavy atom. The van der Waals surface area contributed by atoms with Crippen LogP contribution in [-0.2, 0) is 28.6 Å². The smallest absolute Gasteiger partial charge is 0.306 e. The van der Waals surface area contributed by atoms with Gasteiger partial charge in [-0.3, -0.25) is 14.4 Å². The van der Waals surface area contributed by atoms with E-state index in [9.17, 15) is 14.4 Å². The van der Waals surface area contributed by atoms with Gasteiger partial charge in [-0.1, -0.05) is 240 Å². The molecular weight excluding hydrogens is 709 g/mol. The summed E-state index contributed by atoms with van der Waals surface area (Å²) in [4.78, 5) is 37.6. The minimum atomic E-state index is -0.759. The van der Waals surface area contributed by atoms with Gasteiger partial charge in [0.15, 0.2) is 6.10 Å². The van der Waals surface area contributed by atoms with E-state index in [2.05, 4.69) is 34.6 Å². The third-order valence-corrected chi connectivity index (χ3v) is 11.5. The Kier molecular flexibility index (Phi) is 42.7. The highest BCUT2D eigenvalue weighted by molar-refractivity contribution is 5.71. The predicted molar refractivity (Wildman–Crippen MR) is 243 cm³/mol. The van der Waals surface area contributed by atoms with E-state index in [1.165, 1.54) is 161 Å². The molecule has 0 bridgehead atoms. The molecule has 0 aromatic carbocycles. The van der Waals surface area contributed by atoms with E-state index < -0.39 is 6.10 Å². The maximum atomic E-state index is 12.7. The first kappa shape index (κ1) is 55.4. The number of unbranched alkanes of at least 4 members (excludes halogenated alkanes) is 30. The Balaban J connectivity index is 4.06. The normalized spacial score (nSPS) is 12.1. The standard InChI is InChI=1S/C51H98O6/c1-6-7-8-29-36-41-49(52)55-44-48(57-51(54)43-38-33-28-24-20-19-22-26-31-35-40-47(4)5)45-56-50(53)42-37-32-27-23-18-16-14-12-10-9-11-13-15-17-21-25-30-34-39-46(2)3/h46-48H,6-45H2,1-5H3/t48-/m0/s1. The minimum absolute atomic E-state index is 0.0650. The third-order valence-electron chi connectivity index (χ3n) is 11.5. The van der Waals surface area contributed by atoms with Crippen LogP contribution in [0.1, 0.15) is 279 Å². The molecule has 1 atom stereocenters. The molecule has 0 radical (unpaired) electrons. The van der Waals surface area contributed by atoms with E-state index in [1.54, 1.807) is 0 Å². The van der Waals surface area contributed by atoms with Gasteiger partial charge in [0.2, 0.25) is 0 Å². The van der Waals surface area contributed by atoms with Crippen LogP contribution >= 0.6 is 0 Å². The molecular formula is C51H98O6. The molecule has 0 aromatic heterocycles. The van der Waals surface area contributed by atoms with Crippen LogP contribution in [0.5, 0.6) is 0 Å². The van der Waals surface area contributed by atoms with Crippen LogP contribution in [-0.4, -0.2) is 37.2 Å². The lowest BCUT2D eigenvalue weighted by atomic mass is 10.0. The van der Waals surface area contributed by atoms with Crippen molar-refractivity contribution in [2.45, 2.75) is 285 Å². The van der Waals surface area contributed by atoms with Crippen molar-refractivity contribution in [2.24, 2.45) is 11.8 Å². The zero-order valence-corrected chi connectivity index (χ0v) is 39.0. The number of carbonyl (C=O) groups excluding carboxylic acids is 3. The van der Waals surface area contributed by atoms with Crippen molar-refractivity contribution in [3.63, 3.8) is 0 Å². The Labute approximate surface area is 355 Å². The lowest BCUT2D eigenvalue weighted by molar-refractivity contribution is -0.167. The van der Waals surface area contributed by atoms with E-state index >= 15 is 0 Å². The van der Waals surface area contributed by atoms with Crippen molar-refractivity contribution in [1.82, 2.24) is 0 Å². The third kappa shape index (κ3) is 45.3. The number of ether oxygens (including phenoxy) is 3. The molecule has 0 saturated carbocycles. The van der Waals surface area contributed by atoms with Crippen molar-refractivity contribution in [3.8, 4) is 0 Å². The van der Waals surface area contributed by atoms with Crippen LogP contribution in [0.4, 0.5) is 0 Å². The van der Waals surface area contributed by atoms with Crippen LogP contribution in [0.15, 0.2) is 0 Å². The maximum Gasteiger partial charge on any atom is 0.306 e. The van der Waals surface area contributed by atoms with Crippen LogP contribution in [0.2, 0.25) is 0 Å². The van der Waals surface area contributed by atoms with Crippen LogP contribution in [0.25, 0.3) is 0 Å². The summed E-state index contributed by atoms with van der Waals surface area (Å²) in [5.74, 6) is 0.810. The second kappa shape index (κ2) is 44.0. The zero-order chi connectivity index (χ0) is 41.9. The summed E-state index contributed by atoms with van der Waals surface area (Å²) in [5, 5.41) is 0. The van der Waals surface area contributed by atoms with E-state index in [-0.39, 0.29) is 31.1 Å². The molecule has 0 aromatic rings. The fraction of sp³-hybridized carbons (Fsp3) is 0.941. The van der Waals surface area contributed by atoms with Gasteiger partial charge < -0.3 is 14.2 Å². The van der Waals surface area contributed by atoms with E-state index in [0.717, 1.165) is 76.0 Å². The largest absolute Gasteiger partial charge is 0.462 e. The molecule has 0 heterocycles. The molecule has 338 valence electrons. The summed E-state index contributed by atoms with van der Waals surface area (Å²) in [6, 6.07) is 0. The van der Waals surface area contributed by atoms with Crippen LogP contribution in [0, 0.1) is 11.8 Å². The first-order valence-corrected chi connectivity index (χ1v) is 25.2. The molecule has 0 amide bonds. The van der Waals surface area contributed by atoms with Crippen molar-refractivity contribution in [2.75, 3.05) is 13.2 Å². The lowest BCUT2D eigenvalue weighted by Gasteiger charge is -2.18. The second-order valence-electron chi connectivity index (χ2n) is 18.4. The fourth-order valence-corrected chi connectivity index (χ4v) is 7.64. The van der Waals surface area contributed by atoms with Crippen molar-refractivity contribution in [3.05, 3.63) is 0 Å². The number of hydrogen-bond donors (Lipinski definition) is 0. The highest BCUT2D eigenvalue weighted by Gasteiger charge is 2.19. The fourth-order valence-electron chi connectivity index (χ4n) is 7.64. The summed E-state index contributed by atoms with van der Waals surface area (Å²) in [5.41, 5.74) is 0. The van der Waals surface area contributed by atoms with Gasteiger partial charge in [0.25, 0.3) is 0 Å². The van der Waals surface area contributed by atoms with E-state index in [4.69, 9.17) is 14.2 Å². The average molecular weight is 807 g/mol. The number of carbonyl (C=O) groups is 3. The molecule has 0 aliphatic carbocycles. The van der Waals surface area contributed by atoms with E-state index in [0.29, 0.717) is 19.3 Å². The highest BCUT2D eigenvalue weighted by atomic mass is 16.6. The second-order valence-corrected chi connectivity index (χ2v) is 18.4. The topological polar surface area (TPSA) is 78.9 Å². The lowest BCUT2D eigenvalue weighted by Crippen LogP contribution is -2.30. The first-order chi connectivity index (χ1) is 27.7. The minimum Gasteiger partial charge on any atom is -0.462 e. The summed E-state index contributed by atoms with van der Waals surface area (Å²) in [7, 11) is 0. The molecule has 0 saturated heterocycles. The summed E-state index contributed by atoms with van der Waals surface area (Å²) in [6.45, 7) is 11.3. The van der Waals surface area contributed by atoms with Crippen molar-refractivity contribution in [1.29, 1.82) is 0 Å². The molecule has 0 unspecified atom stereocenters. The predicted octanol–water partition coefficient (Wildman–Crippen LogP) is 16.1. The Morgan fingerprint density at radius 1 is 0.333 bits per heavy atom. The quantitative estimate of drug-likeness (QED) is 0.0346. The molecule has 0 aliphatic heterocycles. The van der Waals surface area contributed by atoms with Gasteiger partial charge in [-0.2, -0.15) is 0 Å². The monoisotopic (exact) mass is 807 g/mol. The van der Waals surface area contributed by atoms with Gasteiger partial charge in [-0.25, -0.2) is 0 Å². The molecule has 6 heteroatoms. The summed E-state index contributed by atoms with van der Waals surface area (Å²) >= 11 is 0. The first-order valence-electron chi connectivity index (χ1n) is 25.2. The Morgan fingerprint density at radius 3 is 0.860 bits per heavy atom. The molecule has 0 fully saturated rings. The number of hydrogen-bond acceptors (Lipinski definition) is 6. The molecule has 0 rings (SSSR count). The molecule has 0 aliphatic rings. The Bertz CT molecular complexity index is 870. The van der Waals surface area contributed by atoms with Gasteiger partial charge in [0.1, 0.15) is 13.2 Å². The summed E-state index contributed by atoms with van der Waals surface area (Å²) < 4.78 is 16.7. The van der Waals surface area contributed by atoms with Crippen molar-refractivity contribution < 1.29 is 28.6 Å². The van der Waals surface area contributed by atoms with E-state index in [1.807, 2.05) is 0 Å². The number of rotatable bonds is 45. The van der Waals surface area contributed by atoms with Gasteiger partial charge in [-0.15, -0.1) is 0 Å². The van der Waals surface area contributed by atoms with Gasteiger partial charge >= 0.3 is 17.9 Å². The molecule has 0 N–H and O–H groups in total. The summed E-state index contributed by atoms with van der Waals surface area (Å²) in [6.07, 6.45) is 44.2. The van der Waals surface area contributed by atoms with Crippen molar-refractivity contribution >= 4 is 17.9 Å². The molecule has 6 nitrogen and oxygen atoms in total. The van der Waals surface area contributed by atoms with Gasteiger partial charge in [-0.05, 0) is 31.1 Å². The Hall–Kier alpha value is -1.59. The number of esters is 3. The zero-order valence-electron chi connectivity index (χ0n) is 39.0. The molecule has 0 spiro atoms. The van der Waals surface area contributed by atoms with Crippen LogP contribution < -0.4 is 0 Å². The SMILES string of the molecule is CCCCCCCC(=O)OC[C@@H](COC(=O)CCCCCCCCCCCCCCCCCCCCC(C)C)OC(=O)CCCCCCCCCCCCC(C)C. The van der Waals surface area contributed by atoms with Crippen LogP contribution in [0.3, 0.4) is 0 Å². The maximum absolute atomic E-state index is 12.7. The highest BCUT2D eigenvalue weighted by Crippen LogP contribution is 2.17. The van der Waals surface area contributed by atoms with Gasteiger partial charge in [0.05, 0.1) is 0 Å².